The number of carbonyl (C=O) groups excluding carboxylic acids is 2. The summed E-state index contributed by atoms with van der Waals surface area (Å²) in [5.74, 6) is -1.51. The molecule has 0 saturated carbocycles. The molecule has 0 radical (unpaired) electrons. The molecule has 8 nitrogen and oxygen atoms in total. The van der Waals surface area contributed by atoms with Crippen LogP contribution >= 0.6 is 0 Å². The Balaban J connectivity index is 4.40. The van der Waals surface area contributed by atoms with Gasteiger partial charge in [0.1, 0.15) is 6.61 Å². The first-order valence-corrected chi connectivity index (χ1v) is 15.2. The molecule has 0 spiro atoms. The van der Waals surface area contributed by atoms with Gasteiger partial charge in [-0.1, -0.05) is 70.9 Å². The third-order valence-corrected chi connectivity index (χ3v) is 6.66. The van der Waals surface area contributed by atoms with Crippen LogP contribution in [0.15, 0.2) is 12.2 Å². The van der Waals surface area contributed by atoms with Crippen LogP contribution in [-0.4, -0.2) is 80.6 Å². The second kappa shape index (κ2) is 23.9. The van der Waals surface area contributed by atoms with Gasteiger partial charge in [0.25, 0.3) is 0 Å². The fraction of sp³-hybridized carbons (Fsp3) is 0.839. The number of esters is 2. The summed E-state index contributed by atoms with van der Waals surface area (Å²) in [7, 11) is 5.48. The van der Waals surface area contributed by atoms with E-state index < -0.39 is 18.1 Å². The van der Waals surface area contributed by atoms with Gasteiger partial charge in [0.2, 0.25) is 0 Å². The van der Waals surface area contributed by atoms with Crippen molar-refractivity contribution in [3.8, 4) is 0 Å². The van der Waals surface area contributed by atoms with E-state index in [1.807, 2.05) is 21.1 Å². The maximum atomic E-state index is 12.4. The Morgan fingerprint density at radius 3 is 1.90 bits per heavy atom. The summed E-state index contributed by atoms with van der Waals surface area (Å²) in [5, 5.41) is 9.48. The van der Waals surface area contributed by atoms with Gasteiger partial charge >= 0.3 is 17.9 Å². The predicted octanol–water partition coefficient (Wildman–Crippen LogP) is 6.46. The summed E-state index contributed by atoms with van der Waals surface area (Å²) >= 11 is 0. The number of ether oxygens (including phenoxy) is 3. The van der Waals surface area contributed by atoms with Gasteiger partial charge in [0.05, 0.1) is 34.4 Å². The molecule has 0 amide bonds. The first-order valence-electron chi connectivity index (χ1n) is 15.2. The van der Waals surface area contributed by atoms with Crippen LogP contribution < -0.4 is 0 Å². The van der Waals surface area contributed by atoms with E-state index in [4.69, 9.17) is 14.2 Å². The van der Waals surface area contributed by atoms with Gasteiger partial charge < -0.3 is 23.8 Å². The molecule has 0 aliphatic carbocycles. The van der Waals surface area contributed by atoms with Crippen LogP contribution in [0.1, 0.15) is 117 Å². The molecule has 2 atom stereocenters. The van der Waals surface area contributed by atoms with Gasteiger partial charge in [-0.3, -0.25) is 9.59 Å². The maximum Gasteiger partial charge on any atom is 0.362 e. The van der Waals surface area contributed by atoms with Crippen LogP contribution in [0.2, 0.25) is 0 Å². The number of carboxylic acids is 1. The maximum absolute atomic E-state index is 12.4. The number of allylic oxidation sites excluding steroid dienone is 2. The highest BCUT2D eigenvalue weighted by atomic mass is 16.6. The van der Waals surface area contributed by atoms with Crippen molar-refractivity contribution in [3.05, 3.63) is 12.2 Å². The monoisotopic (exact) mass is 556 g/mol. The standard InChI is InChI=1S/C31H57NO7/c1-6-8-10-11-12-13-14-15-16-17-18-20-22-30(34)39-27(26-38-29(33)21-19-9-7-2)25-37-24-23-28(31(35)36)32(3,4)5/h12-13,27-28H,6-11,14-26H2,1-5H3/p+1/b13-12-. The highest BCUT2D eigenvalue weighted by molar-refractivity contribution is 5.72. The first kappa shape index (κ1) is 37.1. The number of rotatable bonds is 26. The SMILES string of the molecule is CCCCC/C=C\CCCCCCCC(=O)OC(COCCC(C(=O)O)[N+](C)(C)C)COC(=O)CCCCC. The topological polar surface area (TPSA) is 99.1 Å². The number of carbonyl (C=O) groups is 3. The number of aliphatic carboxylic acids is 1. The smallest absolute Gasteiger partial charge is 0.362 e. The van der Waals surface area contributed by atoms with Gasteiger partial charge in [-0.15, -0.1) is 0 Å². The second-order valence-electron chi connectivity index (χ2n) is 11.4. The van der Waals surface area contributed by atoms with Gasteiger partial charge in [0.15, 0.2) is 12.1 Å². The molecule has 0 aromatic heterocycles. The Morgan fingerprint density at radius 2 is 1.28 bits per heavy atom. The van der Waals surface area contributed by atoms with Crippen LogP contribution in [0.25, 0.3) is 0 Å². The van der Waals surface area contributed by atoms with E-state index in [-0.39, 0.29) is 36.2 Å². The van der Waals surface area contributed by atoms with Crippen LogP contribution in [0, 0.1) is 0 Å². The molecule has 8 heteroatoms. The number of likely N-dealkylation sites (N-methyl/N-ethyl adjacent to an activating group) is 1. The van der Waals surface area contributed by atoms with Crippen LogP contribution in [0.3, 0.4) is 0 Å². The van der Waals surface area contributed by atoms with E-state index in [1.165, 1.54) is 32.1 Å². The zero-order valence-corrected chi connectivity index (χ0v) is 25.6. The summed E-state index contributed by atoms with van der Waals surface area (Å²) in [6.45, 7) is 4.50. The van der Waals surface area contributed by atoms with Crippen LogP contribution in [0.4, 0.5) is 0 Å². The molecule has 0 bridgehead atoms. The Labute approximate surface area is 238 Å². The number of carboxylic acid groups (broad SMARTS) is 1. The van der Waals surface area contributed by atoms with Gasteiger partial charge in [-0.05, 0) is 38.5 Å². The van der Waals surface area contributed by atoms with Crippen molar-refractivity contribution in [2.45, 2.75) is 129 Å². The van der Waals surface area contributed by atoms with Gasteiger partial charge in [-0.2, -0.15) is 0 Å². The Hall–Kier alpha value is -1.93. The molecule has 1 N–H and O–H groups in total. The average molecular weight is 557 g/mol. The molecule has 0 rings (SSSR count). The average Bonchev–Trinajstić information content (AvgIpc) is 2.86. The van der Waals surface area contributed by atoms with Crippen LogP contribution in [-0.2, 0) is 28.6 Å². The number of unbranched alkanes of at least 4 members (excludes halogenated alkanes) is 10. The van der Waals surface area contributed by atoms with E-state index in [1.54, 1.807) is 0 Å². The van der Waals surface area contributed by atoms with E-state index in [0.717, 1.165) is 51.4 Å². The van der Waals surface area contributed by atoms with E-state index in [0.29, 0.717) is 19.3 Å². The zero-order chi connectivity index (χ0) is 29.4. The third-order valence-electron chi connectivity index (χ3n) is 6.66. The molecule has 0 aliphatic heterocycles. The Morgan fingerprint density at radius 1 is 0.744 bits per heavy atom. The fourth-order valence-electron chi connectivity index (χ4n) is 4.20. The number of quaternary nitrogens is 1. The molecular formula is C31H58NO7+. The predicted molar refractivity (Wildman–Crippen MR) is 155 cm³/mol. The summed E-state index contributed by atoms with van der Waals surface area (Å²) < 4.78 is 16.9. The summed E-state index contributed by atoms with van der Waals surface area (Å²) in [5.41, 5.74) is 0. The summed E-state index contributed by atoms with van der Waals surface area (Å²) in [6.07, 6.45) is 18.9. The van der Waals surface area contributed by atoms with E-state index in [9.17, 15) is 19.5 Å². The molecule has 39 heavy (non-hydrogen) atoms. The zero-order valence-electron chi connectivity index (χ0n) is 25.6. The van der Waals surface area contributed by atoms with Crippen molar-refractivity contribution in [3.63, 3.8) is 0 Å². The number of hydrogen-bond acceptors (Lipinski definition) is 6. The minimum atomic E-state index is -0.881. The Bertz CT molecular complexity index is 672. The quantitative estimate of drug-likeness (QED) is 0.0565. The van der Waals surface area contributed by atoms with Crippen molar-refractivity contribution >= 4 is 17.9 Å². The molecule has 0 aromatic carbocycles. The molecule has 0 aliphatic rings. The van der Waals surface area contributed by atoms with Crippen LogP contribution in [0.5, 0.6) is 0 Å². The number of hydrogen-bond donors (Lipinski definition) is 1. The minimum absolute atomic E-state index is 0.0552. The number of nitrogens with zero attached hydrogens (tertiary/aromatic N) is 1. The molecule has 0 fully saturated rings. The molecule has 2 unspecified atom stereocenters. The lowest BCUT2D eigenvalue weighted by Crippen LogP contribution is -2.50. The summed E-state index contributed by atoms with van der Waals surface area (Å²) in [6, 6.07) is -0.607. The van der Waals surface area contributed by atoms with Gasteiger partial charge in [-0.25, -0.2) is 4.79 Å². The normalized spacial score (nSPS) is 13.4. The highest BCUT2D eigenvalue weighted by Crippen LogP contribution is 2.12. The van der Waals surface area contributed by atoms with Crippen molar-refractivity contribution < 1.29 is 38.2 Å². The fourth-order valence-corrected chi connectivity index (χ4v) is 4.20. The first-order chi connectivity index (χ1) is 18.6. The molecular weight excluding hydrogens is 498 g/mol. The molecule has 0 aromatic rings. The third kappa shape index (κ3) is 22.6. The second-order valence-corrected chi connectivity index (χ2v) is 11.4. The van der Waals surface area contributed by atoms with E-state index in [2.05, 4.69) is 26.0 Å². The van der Waals surface area contributed by atoms with Gasteiger partial charge in [0, 0.05) is 19.3 Å². The molecule has 0 heterocycles. The largest absolute Gasteiger partial charge is 0.477 e. The lowest BCUT2D eigenvalue weighted by Gasteiger charge is -2.31. The molecule has 0 saturated heterocycles. The summed E-state index contributed by atoms with van der Waals surface area (Å²) in [4.78, 5) is 36.0. The van der Waals surface area contributed by atoms with Crippen molar-refractivity contribution in [1.29, 1.82) is 0 Å². The highest BCUT2D eigenvalue weighted by Gasteiger charge is 2.31. The lowest BCUT2D eigenvalue weighted by molar-refractivity contribution is -0.887. The van der Waals surface area contributed by atoms with Crippen molar-refractivity contribution in [1.82, 2.24) is 0 Å². The lowest BCUT2D eigenvalue weighted by atomic mass is 10.1. The van der Waals surface area contributed by atoms with E-state index >= 15 is 0 Å². The van der Waals surface area contributed by atoms with Crippen molar-refractivity contribution in [2.75, 3.05) is 41.0 Å². The van der Waals surface area contributed by atoms with Crippen molar-refractivity contribution in [2.24, 2.45) is 0 Å². The molecule has 228 valence electrons. The minimum Gasteiger partial charge on any atom is -0.477 e. The Kier molecular flexibility index (Phi) is 22.7.